The van der Waals surface area contributed by atoms with Crippen LogP contribution >= 0.6 is 0 Å². The third-order valence-corrected chi connectivity index (χ3v) is 15.4. The topological polar surface area (TPSA) is 78.9 Å². The first kappa shape index (κ1) is 77.6. The van der Waals surface area contributed by atoms with Crippen molar-refractivity contribution >= 4 is 17.9 Å². The van der Waals surface area contributed by atoms with Gasteiger partial charge in [0.25, 0.3) is 0 Å². The summed E-state index contributed by atoms with van der Waals surface area (Å²) in [4.78, 5) is 38.2. The molecule has 6 heteroatoms. The summed E-state index contributed by atoms with van der Waals surface area (Å²) in [5.74, 6) is -0.978. The fourth-order valence-electron chi connectivity index (χ4n) is 10.1. The number of unbranched alkanes of at least 4 members (excludes halogenated alkanes) is 39. The lowest BCUT2D eigenvalue weighted by atomic mass is 10.0. The molecule has 0 saturated heterocycles. The highest BCUT2D eigenvalue weighted by molar-refractivity contribution is 5.71. The predicted octanol–water partition coefficient (Wildman–Crippen LogP) is 24.2. The molecule has 0 saturated carbocycles. The van der Waals surface area contributed by atoms with Crippen molar-refractivity contribution in [2.45, 2.75) is 361 Å². The van der Waals surface area contributed by atoms with Gasteiger partial charge in [0.1, 0.15) is 13.2 Å². The maximum absolute atomic E-state index is 12.9. The molecule has 0 aliphatic rings. The molecule has 0 aliphatic heterocycles. The zero-order valence-corrected chi connectivity index (χ0v) is 53.8. The van der Waals surface area contributed by atoms with Crippen LogP contribution in [0.15, 0.2) is 85.1 Å². The predicted molar refractivity (Wildman–Crippen MR) is 353 cm³/mol. The number of esters is 3. The second kappa shape index (κ2) is 69.1. The van der Waals surface area contributed by atoms with E-state index in [0.717, 1.165) is 83.5 Å². The molecule has 0 rings (SSSR count). The molecule has 0 aromatic carbocycles. The van der Waals surface area contributed by atoms with Crippen LogP contribution in [-0.4, -0.2) is 37.2 Å². The van der Waals surface area contributed by atoms with Crippen LogP contribution in [0, 0.1) is 0 Å². The Kier molecular flexibility index (Phi) is 66.2. The Morgan fingerprint density at radius 1 is 0.259 bits per heavy atom. The summed E-state index contributed by atoms with van der Waals surface area (Å²) in [6, 6.07) is 0. The van der Waals surface area contributed by atoms with Crippen molar-refractivity contribution in [1.29, 1.82) is 0 Å². The van der Waals surface area contributed by atoms with Crippen LogP contribution in [0.5, 0.6) is 0 Å². The number of hydrogen-bond donors (Lipinski definition) is 0. The van der Waals surface area contributed by atoms with Crippen molar-refractivity contribution in [3.05, 3.63) is 85.1 Å². The molecule has 0 bridgehead atoms. The van der Waals surface area contributed by atoms with E-state index in [2.05, 4.69) is 99.8 Å². The van der Waals surface area contributed by atoms with Gasteiger partial charge in [0, 0.05) is 19.3 Å². The summed E-state index contributed by atoms with van der Waals surface area (Å²) in [6.07, 6.45) is 92.3. The molecule has 81 heavy (non-hydrogen) atoms. The lowest BCUT2D eigenvalue weighted by Crippen LogP contribution is -2.30. The Morgan fingerprint density at radius 2 is 0.506 bits per heavy atom. The third kappa shape index (κ3) is 67.3. The Labute approximate surface area is 503 Å². The molecule has 0 heterocycles. The smallest absolute Gasteiger partial charge is 0.306 e. The molecule has 0 fully saturated rings. The molecule has 0 N–H and O–H groups in total. The molecule has 0 radical (unpaired) electrons. The molecule has 1 atom stereocenters. The fraction of sp³-hybridized carbons (Fsp3) is 0.773. The van der Waals surface area contributed by atoms with Crippen LogP contribution in [-0.2, 0) is 28.6 Å². The molecular formula is C75H132O6. The quantitative estimate of drug-likeness (QED) is 0.0261. The second-order valence-electron chi connectivity index (χ2n) is 23.4. The maximum Gasteiger partial charge on any atom is 0.306 e. The van der Waals surface area contributed by atoms with Gasteiger partial charge in [-0.2, -0.15) is 0 Å². The Morgan fingerprint density at radius 3 is 0.840 bits per heavy atom. The molecule has 0 spiro atoms. The highest BCUT2D eigenvalue weighted by Gasteiger charge is 2.19. The van der Waals surface area contributed by atoms with Crippen molar-refractivity contribution in [2.75, 3.05) is 13.2 Å². The summed E-state index contributed by atoms with van der Waals surface area (Å²) in [5, 5.41) is 0. The highest BCUT2D eigenvalue weighted by Crippen LogP contribution is 2.18. The second-order valence-corrected chi connectivity index (χ2v) is 23.4. The van der Waals surface area contributed by atoms with Gasteiger partial charge in [0.2, 0.25) is 0 Å². The van der Waals surface area contributed by atoms with Gasteiger partial charge in [-0.05, 0) is 103 Å². The number of hydrogen-bond acceptors (Lipinski definition) is 6. The first-order valence-corrected chi connectivity index (χ1v) is 35.1. The largest absolute Gasteiger partial charge is 0.462 e. The summed E-state index contributed by atoms with van der Waals surface area (Å²) in [6.45, 7) is 6.47. The standard InChI is InChI=1S/C75H132O6/c1-4-7-10-13-16-19-22-25-27-28-29-30-31-32-33-34-35-36-37-38-39-40-41-42-43-44-45-46-48-50-53-56-59-62-65-68-74(77)80-71-72(70-79-73(76)67-64-61-58-55-52-49-24-21-18-15-12-9-6-3)81-75(78)69-66-63-60-57-54-51-47-26-23-20-17-14-11-8-5-2/h9,12,18,21-22,25-26,28-29,47,49,52,58,61,72H,4-8,10-11,13-17,19-20,23-24,27,30-46,48,50-51,53-57,59-60,62-71H2,1-3H3/b12-9-,21-18-,25-22-,29-28-,47-26-,52-49-,61-58-. The molecular weight excluding hydrogens is 997 g/mol. The Hall–Kier alpha value is -3.41. The molecule has 0 amide bonds. The normalized spacial score (nSPS) is 12.6. The van der Waals surface area contributed by atoms with Crippen molar-refractivity contribution in [3.8, 4) is 0 Å². The summed E-state index contributed by atoms with van der Waals surface area (Å²) in [7, 11) is 0. The number of ether oxygens (including phenoxy) is 3. The molecule has 0 aromatic heterocycles. The van der Waals surface area contributed by atoms with Gasteiger partial charge in [-0.25, -0.2) is 0 Å². The van der Waals surface area contributed by atoms with Crippen molar-refractivity contribution in [2.24, 2.45) is 0 Å². The first-order chi connectivity index (χ1) is 40.0. The first-order valence-electron chi connectivity index (χ1n) is 35.1. The van der Waals surface area contributed by atoms with Crippen molar-refractivity contribution < 1.29 is 28.6 Å². The van der Waals surface area contributed by atoms with Crippen LogP contribution < -0.4 is 0 Å². The summed E-state index contributed by atoms with van der Waals surface area (Å²) < 4.78 is 16.8. The average molecular weight is 1130 g/mol. The lowest BCUT2D eigenvalue weighted by Gasteiger charge is -2.18. The van der Waals surface area contributed by atoms with E-state index in [1.54, 1.807) is 0 Å². The maximum atomic E-state index is 12.9. The minimum absolute atomic E-state index is 0.0985. The highest BCUT2D eigenvalue weighted by atomic mass is 16.6. The van der Waals surface area contributed by atoms with Gasteiger partial charge in [-0.15, -0.1) is 0 Å². The van der Waals surface area contributed by atoms with Crippen LogP contribution in [0.2, 0.25) is 0 Å². The number of rotatable bonds is 64. The van der Waals surface area contributed by atoms with E-state index in [4.69, 9.17) is 14.2 Å². The zero-order valence-electron chi connectivity index (χ0n) is 53.8. The lowest BCUT2D eigenvalue weighted by molar-refractivity contribution is -0.166. The van der Waals surface area contributed by atoms with E-state index in [1.165, 1.54) is 225 Å². The number of carbonyl (C=O) groups is 3. The average Bonchev–Trinajstić information content (AvgIpc) is 3.46. The minimum Gasteiger partial charge on any atom is -0.462 e. The van der Waals surface area contributed by atoms with Crippen LogP contribution in [0.4, 0.5) is 0 Å². The SMILES string of the molecule is CC/C=C\C/C=C\C/C=C\C/C=C\CCC(=O)OCC(COC(=O)CCCCCCCCCCCCCCCCCCCCCCCCC/C=C\C/C=C\CCCCCCC)OC(=O)CCCCCCC/C=C\CCCCCCCC. The van der Waals surface area contributed by atoms with Gasteiger partial charge in [0.15, 0.2) is 6.10 Å². The van der Waals surface area contributed by atoms with Gasteiger partial charge in [-0.3, -0.25) is 14.4 Å². The van der Waals surface area contributed by atoms with E-state index in [1.807, 2.05) is 6.08 Å². The fourth-order valence-corrected chi connectivity index (χ4v) is 10.1. The van der Waals surface area contributed by atoms with E-state index >= 15 is 0 Å². The van der Waals surface area contributed by atoms with Gasteiger partial charge in [-0.1, -0.05) is 318 Å². The van der Waals surface area contributed by atoms with Crippen LogP contribution in [0.3, 0.4) is 0 Å². The van der Waals surface area contributed by atoms with Crippen molar-refractivity contribution in [3.63, 3.8) is 0 Å². The van der Waals surface area contributed by atoms with Gasteiger partial charge < -0.3 is 14.2 Å². The minimum atomic E-state index is -0.809. The number of allylic oxidation sites excluding steroid dienone is 14. The Balaban J connectivity index is 4.11. The molecule has 0 aliphatic carbocycles. The van der Waals surface area contributed by atoms with E-state index in [9.17, 15) is 14.4 Å². The van der Waals surface area contributed by atoms with Crippen LogP contribution in [0.25, 0.3) is 0 Å². The summed E-state index contributed by atoms with van der Waals surface area (Å²) >= 11 is 0. The van der Waals surface area contributed by atoms with Gasteiger partial charge >= 0.3 is 17.9 Å². The zero-order chi connectivity index (χ0) is 58.5. The Bertz CT molecular complexity index is 1530. The van der Waals surface area contributed by atoms with E-state index in [-0.39, 0.29) is 37.5 Å². The molecule has 6 nitrogen and oxygen atoms in total. The van der Waals surface area contributed by atoms with Crippen molar-refractivity contribution in [1.82, 2.24) is 0 Å². The van der Waals surface area contributed by atoms with E-state index < -0.39 is 6.10 Å². The van der Waals surface area contributed by atoms with E-state index in [0.29, 0.717) is 19.3 Å². The molecule has 0 aromatic rings. The third-order valence-electron chi connectivity index (χ3n) is 15.4. The number of carbonyl (C=O) groups excluding carboxylic acids is 3. The molecule has 468 valence electrons. The summed E-state index contributed by atoms with van der Waals surface area (Å²) in [5.41, 5.74) is 0. The van der Waals surface area contributed by atoms with Gasteiger partial charge in [0.05, 0.1) is 0 Å². The van der Waals surface area contributed by atoms with Crippen LogP contribution in [0.1, 0.15) is 355 Å². The molecule has 1 unspecified atom stereocenters. The monoisotopic (exact) mass is 1130 g/mol.